The van der Waals surface area contributed by atoms with Crippen molar-refractivity contribution in [3.63, 3.8) is 0 Å². The molecule has 1 fully saturated rings. The van der Waals surface area contributed by atoms with Crippen molar-refractivity contribution in [3.05, 3.63) is 24.3 Å². The van der Waals surface area contributed by atoms with Crippen molar-refractivity contribution in [1.82, 2.24) is 4.98 Å². The molecule has 1 saturated heterocycles. The van der Waals surface area contributed by atoms with Crippen molar-refractivity contribution in [2.75, 3.05) is 24.6 Å². The van der Waals surface area contributed by atoms with Gasteiger partial charge in [0.15, 0.2) is 5.13 Å². The number of hydrogen-bond donors (Lipinski definition) is 1. The molecule has 1 aliphatic heterocycles. The van der Waals surface area contributed by atoms with Gasteiger partial charge in [-0.25, -0.2) is 4.98 Å². The molecule has 1 atom stereocenters. The number of aromatic nitrogens is 1. The number of hydrogen-bond acceptors (Lipinski definition) is 4. The Hall–Kier alpha value is -1.13. The number of anilines is 1. The predicted molar refractivity (Wildman–Crippen MR) is 71.6 cm³/mol. The Labute approximate surface area is 105 Å². The highest BCUT2D eigenvalue weighted by Crippen LogP contribution is 2.31. The number of para-hydroxylation sites is 1. The van der Waals surface area contributed by atoms with Crippen LogP contribution in [0.1, 0.15) is 12.8 Å². The Morgan fingerprint density at radius 1 is 1.41 bits per heavy atom. The number of aliphatic hydroxyl groups excluding tert-OH is 1. The molecule has 2 aromatic rings. The fourth-order valence-electron chi connectivity index (χ4n) is 2.38. The molecule has 4 heteroatoms. The van der Waals surface area contributed by atoms with Crippen LogP contribution in [0.4, 0.5) is 5.13 Å². The van der Waals surface area contributed by atoms with Gasteiger partial charge in [0.2, 0.25) is 0 Å². The van der Waals surface area contributed by atoms with Crippen LogP contribution in [0.5, 0.6) is 0 Å². The standard InChI is InChI=1S/C13H16N2OS/c16-9-10-4-3-7-15(8-10)13-14-11-5-1-2-6-12(11)17-13/h1-2,5-6,10,16H,3-4,7-9H2/t10-/m0/s1. The van der Waals surface area contributed by atoms with Gasteiger partial charge >= 0.3 is 0 Å². The monoisotopic (exact) mass is 248 g/mol. The van der Waals surface area contributed by atoms with Crippen molar-refractivity contribution in [2.45, 2.75) is 12.8 Å². The van der Waals surface area contributed by atoms with Crippen LogP contribution in [-0.4, -0.2) is 29.8 Å². The highest BCUT2D eigenvalue weighted by atomic mass is 32.1. The summed E-state index contributed by atoms with van der Waals surface area (Å²) < 4.78 is 1.24. The fraction of sp³-hybridized carbons (Fsp3) is 0.462. The van der Waals surface area contributed by atoms with Crippen LogP contribution in [0.3, 0.4) is 0 Å². The molecule has 0 unspecified atom stereocenters. The minimum atomic E-state index is 0.293. The summed E-state index contributed by atoms with van der Waals surface area (Å²) in [5, 5.41) is 10.4. The maximum absolute atomic E-state index is 9.25. The van der Waals surface area contributed by atoms with E-state index in [-0.39, 0.29) is 0 Å². The molecule has 2 heterocycles. The molecule has 3 nitrogen and oxygen atoms in total. The lowest BCUT2D eigenvalue weighted by atomic mass is 10.00. The van der Waals surface area contributed by atoms with Gasteiger partial charge in [0.25, 0.3) is 0 Å². The minimum absolute atomic E-state index is 0.293. The van der Waals surface area contributed by atoms with Gasteiger partial charge in [-0.15, -0.1) is 0 Å². The van der Waals surface area contributed by atoms with E-state index >= 15 is 0 Å². The minimum Gasteiger partial charge on any atom is -0.396 e. The van der Waals surface area contributed by atoms with E-state index < -0.39 is 0 Å². The third-order valence-corrected chi connectivity index (χ3v) is 4.43. The first-order chi connectivity index (χ1) is 8.36. The van der Waals surface area contributed by atoms with E-state index in [4.69, 9.17) is 0 Å². The second-order valence-corrected chi connectivity index (χ2v) is 5.61. The smallest absolute Gasteiger partial charge is 0.186 e. The van der Waals surface area contributed by atoms with E-state index in [9.17, 15) is 5.11 Å². The van der Waals surface area contributed by atoms with Crippen LogP contribution in [0.2, 0.25) is 0 Å². The second kappa shape index (κ2) is 4.63. The maximum atomic E-state index is 9.25. The van der Waals surface area contributed by atoms with E-state index in [2.05, 4.69) is 28.1 Å². The summed E-state index contributed by atoms with van der Waals surface area (Å²) in [5.41, 5.74) is 1.08. The van der Waals surface area contributed by atoms with Crippen LogP contribution in [0.15, 0.2) is 24.3 Å². The molecular weight excluding hydrogens is 232 g/mol. The summed E-state index contributed by atoms with van der Waals surface area (Å²) in [5.74, 6) is 0.413. The first-order valence-corrected chi connectivity index (χ1v) is 6.90. The highest BCUT2D eigenvalue weighted by molar-refractivity contribution is 7.22. The van der Waals surface area contributed by atoms with Gasteiger partial charge in [0, 0.05) is 19.7 Å². The van der Waals surface area contributed by atoms with E-state index in [1.807, 2.05) is 6.07 Å². The van der Waals surface area contributed by atoms with Crippen LogP contribution >= 0.6 is 11.3 Å². The van der Waals surface area contributed by atoms with Crippen molar-refractivity contribution < 1.29 is 5.11 Å². The summed E-state index contributed by atoms with van der Waals surface area (Å²) in [6, 6.07) is 8.25. The Balaban J connectivity index is 1.87. The van der Waals surface area contributed by atoms with E-state index in [1.165, 1.54) is 4.70 Å². The molecule has 1 aliphatic rings. The second-order valence-electron chi connectivity index (χ2n) is 4.60. The Morgan fingerprint density at radius 3 is 3.12 bits per heavy atom. The first kappa shape index (κ1) is 11.0. The number of thiazole rings is 1. The van der Waals surface area contributed by atoms with Gasteiger partial charge in [-0.3, -0.25) is 0 Å². The SMILES string of the molecule is OC[C@H]1CCCN(c2nc3ccccc3s2)C1. The van der Waals surface area contributed by atoms with E-state index in [0.717, 1.165) is 36.6 Å². The zero-order valence-electron chi connectivity index (χ0n) is 9.67. The lowest BCUT2D eigenvalue weighted by Gasteiger charge is -2.31. The Morgan fingerprint density at radius 2 is 2.29 bits per heavy atom. The molecule has 90 valence electrons. The van der Waals surface area contributed by atoms with Gasteiger partial charge in [-0.05, 0) is 30.9 Å². The van der Waals surface area contributed by atoms with Gasteiger partial charge in [0.05, 0.1) is 10.2 Å². The largest absolute Gasteiger partial charge is 0.396 e. The lowest BCUT2D eigenvalue weighted by Crippen LogP contribution is -2.36. The quantitative estimate of drug-likeness (QED) is 0.887. The van der Waals surface area contributed by atoms with Gasteiger partial charge in [-0.1, -0.05) is 23.5 Å². The van der Waals surface area contributed by atoms with Crippen LogP contribution < -0.4 is 4.90 Å². The van der Waals surface area contributed by atoms with Crippen molar-refractivity contribution in [1.29, 1.82) is 0 Å². The Kier molecular flexibility index (Phi) is 2.99. The van der Waals surface area contributed by atoms with Crippen molar-refractivity contribution in [3.8, 4) is 0 Å². The van der Waals surface area contributed by atoms with Crippen molar-refractivity contribution >= 4 is 26.7 Å². The normalized spacial score (nSPS) is 21.0. The average molecular weight is 248 g/mol. The average Bonchev–Trinajstić information content (AvgIpc) is 2.82. The number of aliphatic hydroxyl groups is 1. The molecule has 0 spiro atoms. The van der Waals surface area contributed by atoms with Gasteiger partial charge in [0.1, 0.15) is 0 Å². The molecule has 3 rings (SSSR count). The van der Waals surface area contributed by atoms with Crippen LogP contribution in [-0.2, 0) is 0 Å². The molecule has 0 radical (unpaired) electrons. The molecule has 0 saturated carbocycles. The van der Waals surface area contributed by atoms with Crippen LogP contribution in [0, 0.1) is 5.92 Å². The predicted octanol–water partition coefficient (Wildman–Crippen LogP) is 2.51. The van der Waals surface area contributed by atoms with E-state index in [0.29, 0.717) is 12.5 Å². The molecule has 0 aliphatic carbocycles. The third-order valence-electron chi connectivity index (χ3n) is 3.33. The number of nitrogens with zero attached hydrogens (tertiary/aromatic N) is 2. The first-order valence-electron chi connectivity index (χ1n) is 6.08. The van der Waals surface area contributed by atoms with E-state index in [1.54, 1.807) is 11.3 Å². The maximum Gasteiger partial charge on any atom is 0.186 e. The summed E-state index contributed by atoms with van der Waals surface area (Å²) in [7, 11) is 0. The summed E-state index contributed by atoms with van der Waals surface area (Å²) in [6.07, 6.45) is 2.29. The molecule has 1 N–H and O–H groups in total. The fourth-order valence-corrected chi connectivity index (χ4v) is 3.38. The number of piperidine rings is 1. The molecule has 0 bridgehead atoms. The number of fused-ring (bicyclic) bond motifs is 1. The zero-order valence-corrected chi connectivity index (χ0v) is 10.5. The van der Waals surface area contributed by atoms with Crippen LogP contribution in [0.25, 0.3) is 10.2 Å². The molecular formula is C13H16N2OS. The Bertz CT molecular complexity index is 478. The molecule has 17 heavy (non-hydrogen) atoms. The van der Waals surface area contributed by atoms with Gasteiger partial charge < -0.3 is 10.0 Å². The molecule has 1 aromatic heterocycles. The number of rotatable bonds is 2. The van der Waals surface area contributed by atoms with Crippen molar-refractivity contribution in [2.24, 2.45) is 5.92 Å². The highest BCUT2D eigenvalue weighted by Gasteiger charge is 2.21. The topological polar surface area (TPSA) is 36.4 Å². The number of benzene rings is 1. The lowest BCUT2D eigenvalue weighted by molar-refractivity contribution is 0.208. The summed E-state index contributed by atoms with van der Waals surface area (Å²) in [6.45, 7) is 2.30. The van der Waals surface area contributed by atoms with Gasteiger partial charge in [-0.2, -0.15) is 0 Å². The molecule has 0 amide bonds. The summed E-state index contributed by atoms with van der Waals surface area (Å²) in [4.78, 5) is 6.98. The zero-order chi connectivity index (χ0) is 11.7. The molecule has 1 aromatic carbocycles. The third kappa shape index (κ3) is 2.15. The summed E-state index contributed by atoms with van der Waals surface area (Å²) >= 11 is 1.75.